The quantitative estimate of drug-likeness (QED) is 0.801. The molecular formula is C11H13F3N4O. The number of anilines is 2. The summed E-state index contributed by atoms with van der Waals surface area (Å²) in [7, 11) is 0. The monoisotopic (exact) mass is 274 g/mol. The number of rotatable bonds is 1. The molecule has 8 heteroatoms. The first-order chi connectivity index (χ1) is 8.88. The molecule has 1 fully saturated rings. The molecule has 1 aliphatic heterocycles. The Balaban J connectivity index is 2.30. The first kappa shape index (κ1) is 13.4. The molecule has 19 heavy (non-hydrogen) atoms. The lowest BCUT2D eigenvalue weighted by atomic mass is 10.2. The molecule has 2 heterocycles. The van der Waals surface area contributed by atoms with E-state index in [1.54, 1.807) is 4.90 Å². The maximum absolute atomic E-state index is 12.6. The second kappa shape index (κ2) is 4.94. The summed E-state index contributed by atoms with van der Waals surface area (Å²) < 4.78 is 37.9. The number of hydrogen-bond donors (Lipinski definition) is 2. The van der Waals surface area contributed by atoms with Crippen LogP contribution in [0, 0.1) is 0 Å². The molecule has 0 bridgehead atoms. The van der Waals surface area contributed by atoms with Crippen molar-refractivity contribution in [3.63, 3.8) is 0 Å². The number of nitrogens with one attached hydrogen (secondary N) is 1. The molecule has 0 saturated carbocycles. The molecule has 1 saturated heterocycles. The van der Waals surface area contributed by atoms with Gasteiger partial charge in [-0.1, -0.05) is 0 Å². The molecule has 5 nitrogen and oxygen atoms in total. The zero-order chi connectivity index (χ0) is 14.0. The van der Waals surface area contributed by atoms with Crippen molar-refractivity contribution in [2.24, 2.45) is 0 Å². The molecule has 3 N–H and O–H groups in total. The summed E-state index contributed by atoms with van der Waals surface area (Å²) in [5, 5.41) is 2.65. The van der Waals surface area contributed by atoms with Crippen LogP contribution in [0.4, 0.5) is 24.5 Å². The second-order valence-corrected chi connectivity index (χ2v) is 4.21. The molecule has 0 atom stereocenters. The number of nitrogen functional groups attached to an aromatic ring is 1. The Hall–Kier alpha value is -1.99. The third-order valence-electron chi connectivity index (χ3n) is 2.86. The van der Waals surface area contributed by atoms with Crippen molar-refractivity contribution in [2.75, 3.05) is 30.3 Å². The SMILES string of the molecule is Nc1cnc(C(F)(F)F)cc1N1CCNC(=O)CC1. The van der Waals surface area contributed by atoms with Gasteiger partial charge >= 0.3 is 6.18 Å². The van der Waals surface area contributed by atoms with E-state index in [0.29, 0.717) is 19.6 Å². The van der Waals surface area contributed by atoms with Crippen LogP contribution < -0.4 is 16.0 Å². The van der Waals surface area contributed by atoms with Gasteiger partial charge in [0.1, 0.15) is 5.69 Å². The highest BCUT2D eigenvalue weighted by atomic mass is 19.4. The van der Waals surface area contributed by atoms with Crippen LogP contribution in [0.25, 0.3) is 0 Å². The first-order valence-electron chi connectivity index (χ1n) is 5.72. The van der Waals surface area contributed by atoms with E-state index in [2.05, 4.69) is 10.3 Å². The van der Waals surface area contributed by atoms with E-state index in [9.17, 15) is 18.0 Å². The maximum atomic E-state index is 12.6. The molecule has 0 spiro atoms. The number of halogens is 3. The molecule has 2 rings (SSSR count). The van der Waals surface area contributed by atoms with Crippen LogP contribution in [0.2, 0.25) is 0 Å². The van der Waals surface area contributed by atoms with E-state index in [1.165, 1.54) is 0 Å². The molecule has 0 aliphatic carbocycles. The van der Waals surface area contributed by atoms with E-state index in [1.807, 2.05) is 0 Å². The van der Waals surface area contributed by atoms with Gasteiger partial charge in [0.2, 0.25) is 5.91 Å². The van der Waals surface area contributed by atoms with Gasteiger partial charge in [-0.05, 0) is 6.07 Å². The lowest BCUT2D eigenvalue weighted by molar-refractivity contribution is -0.141. The highest BCUT2D eigenvalue weighted by Gasteiger charge is 2.33. The first-order valence-corrected chi connectivity index (χ1v) is 5.72. The molecular weight excluding hydrogens is 261 g/mol. The van der Waals surface area contributed by atoms with Gasteiger partial charge in [0.15, 0.2) is 0 Å². The Bertz CT molecular complexity index is 489. The minimum atomic E-state index is -4.51. The Kier molecular flexibility index (Phi) is 3.50. The predicted octanol–water partition coefficient (Wildman–Crippen LogP) is 1.01. The standard InChI is InChI=1S/C11H13F3N4O/c12-11(13,14)9-5-8(7(15)6-17-9)18-3-1-10(19)16-2-4-18/h5-6H,1-4,15H2,(H,16,19). The molecule has 1 aromatic heterocycles. The molecule has 1 aliphatic rings. The fraction of sp³-hybridized carbons (Fsp3) is 0.455. The molecule has 0 radical (unpaired) electrons. The van der Waals surface area contributed by atoms with E-state index >= 15 is 0 Å². The lowest BCUT2D eigenvalue weighted by Crippen LogP contribution is -2.29. The van der Waals surface area contributed by atoms with Crippen LogP contribution in [0.1, 0.15) is 12.1 Å². The third kappa shape index (κ3) is 3.07. The summed E-state index contributed by atoms with van der Waals surface area (Å²) in [6.45, 7) is 1.12. The van der Waals surface area contributed by atoms with E-state index in [0.717, 1.165) is 12.3 Å². The minimum Gasteiger partial charge on any atom is -0.396 e. The number of carbonyl (C=O) groups is 1. The molecule has 104 valence electrons. The summed E-state index contributed by atoms with van der Waals surface area (Å²) in [6.07, 6.45) is -3.29. The summed E-state index contributed by atoms with van der Waals surface area (Å²) in [4.78, 5) is 16.2. The van der Waals surface area contributed by atoms with Gasteiger partial charge < -0.3 is 16.0 Å². The van der Waals surface area contributed by atoms with E-state index < -0.39 is 11.9 Å². The number of amides is 1. The van der Waals surface area contributed by atoms with Crippen molar-refractivity contribution in [1.29, 1.82) is 0 Å². The van der Waals surface area contributed by atoms with Crippen LogP contribution in [-0.4, -0.2) is 30.5 Å². The van der Waals surface area contributed by atoms with Gasteiger partial charge in [-0.2, -0.15) is 13.2 Å². The highest BCUT2D eigenvalue weighted by Crippen LogP contribution is 2.32. The molecule has 1 amide bonds. The van der Waals surface area contributed by atoms with Crippen LogP contribution in [0.15, 0.2) is 12.3 Å². The smallest absolute Gasteiger partial charge is 0.396 e. The molecule has 1 aromatic rings. The van der Waals surface area contributed by atoms with E-state index in [4.69, 9.17) is 5.73 Å². The van der Waals surface area contributed by atoms with E-state index in [-0.39, 0.29) is 23.7 Å². The zero-order valence-corrected chi connectivity index (χ0v) is 10.00. The van der Waals surface area contributed by atoms with Crippen LogP contribution in [-0.2, 0) is 11.0 Å². The number of nitrogens with two attached hydrogens (primary N) is 1. The average Bonchev–Trinajstić information content (AvgIpc) is 2.53. The van der Waals surface area contributed by atoms with Crippen LogP contribution in [0.3, 0.4) is 0 Å². The van der Waals surface area contributed by atoms with Crippen molar-refractivity contribution >= 4 is 17.3 Å². The number of pyridine rings is 1. The number of nitrogens with zero attached hydrogens (tertiary/aromatic N) is 2. The minimum absolute atomic E-state index is 0.119. The number of alkyl halides is 3. The maximum Gasteiger partial charge on any atom is 0.433 e. The Labute approximate surface area is 107 Å². The van der Waals surface area contributed by atoms with Crippen molar-refractivity contribution in [3.8, 4) is 0 Å². The Morgan fingerprint density at radius 3 is 2.79 bits per heavy atom. The number of aromatic nitrogens is 1. The van der Waals surface area contributed by atoms with Crippen molar-refractivity contribution in [2.45, 2.75) is 12.6 Å². The normalized spacial score (nSPS) is 17.0. The van der Waals surface area contributed by atoms with Gasteiger partial charge in [0, 0.05) is 26.1 Å². The van der Waals surface area contributed by atoms with Crippen molar-refractivity contribution < 1.29 is 18.0 Å². The summed E-state index contributed by atoms with van der Waals surface area (Å²) in [5.41, 5.74) is 5.12. The second-order valence-electron chi connectivity index (χ2n) is 4.21. The van der Waals surface area contributed by atoms with Gasteiger partial charge in [-0.25, -0.2) is 4.98 Å². The van der Waals surface area contributed by atoms with Gasteiger partial charge in [-0.3, -0.25) is 4.79 Å². The highest BCUT2D eigenvalue weighted by molar-refractivity contribution is 5.78. The topological polar surface area (TPSA) is 71.2 Å². The zero-order valence-electron chi connectivity index (χ0n) is 10.00. The molecule has 0 aromatic carbocycles. The Morgan fingerprint density at radius 1 is 1.37 bits per heavy atom. The summed E-state index contributed by atoms with van der Waals surface area (Å²) in [5.74, 6) is -0.119. The fourth-order valence-corrected chi connectivity index (χ4v) is 1.89. The summed E-state index contributed by atoms with van der Waals surface area (Å²) >= 11 is 0. The van der Waals surface area contributed by atoms with Gasteiger partial charge in [0.05, 0.1) is 17.6 Å². The fourth-order valence-electron chi connectivity index (χ4n) is 1.89. The lowest BCUT2D eigenvalue weighted by Gasteiger charge is -2.24. The summed E-state index contributed by atoms with van der Waals surface area (Å²) in [6, 6.07) is 0.922. The molecule has 0 unspecified atom stereocenters. The third-order valence-corrected chi connectivity index (χ3v) is 2.86. The van der Waals surface area contributed by atoms with Crippen LogP contribution >= 0.6 is 0 Å². The van der Waals surface area contributed by atoms with Gasteiger partial charge in [-0.15, -0.1) is 0 Å². The van der Waals surface area contributed by atoms with Crippen molar-refractivity contribution in [3.05, 3.63) is 18.0 Å². The number of carbonyl (C=O) groups excluding carboxylic acids is 1. The predicted molar refractivity (Wildman–Crippen MR) is 63.5 cm³/mol. The van der Waals surface area contributed by atoms with Crippen LogP contribution in [0.5, 0.6) is 0 Å². The Morgan fingerprint density at radius 2 is 2.11 bits per heavy atom. The van der Waals surface area contributed by atoms with Crippen molar-refractivity contribution in [1.82, 2.24) is 10.3 Å². The number of hydrogen-bond acceptors (Lipinski definition) is 4. The largest absolute Gasteiger partial charge is 0.433 e. The van der Waals surface area contributed by atoms with Gasteiger partial charge in [0.25, 0.3) is 0 Å². The average molecular weight is 274 g/mol.